The Morgan fingerprint density at radius 2 is 0.591 bits per heavy atom. The van der Waals surface area contributed by atoms with Crippen LogP contribution in [-0.2, 0) is 0 Å². The summed E-state index contributed by atoms with van der Waals surface area (Å²) in [5.41, 5.74) is 0.275. The van der Waals surface area contributed by atoms with Crippen LogP contribution in [0.15, 0.2) is 0 Å². The molecule has 0 aromatic heterocycles. The quantitative estimate of drug-likeness (QED) is 0.554. The normalized spacial score (nSPS) is 29.5. The molecule has 0 atom stereocenters. The molecule has 4 N–H and O–H groups in total. The summed E-state index contributed by atoms with van der Waals surface area (Å²) in [6, 6.07) is 0. The Kier molecular flexibility index (Phi) is 6.48. The third kappa shape index (κ3) is 4.92. The maximum absolute atomic E-state index is 3.73. The predicted octanol–water partition coefficient (Wildman–Crippen LogP) is 2.25. The molecule has 0 saturated carbocycles. The van der Waals surface area contributed by atoms with E-state index in [1.54, 1.807) is 0 Å². The van der Waals surface area contributed by atoms with E-state index in [0.29, 0.717) is 0 Å². The van der Waals surface area contributed by atoms with Crippen molar-refractivity contribution in [2.45, 2.75) is 90.4 Å². The zero-order chi connectivity index (χ0) is 17.1. The molecule has 0 amide bonds. The molecular weight excluding hydrogens is 272 g/mol. The minimum Gasteiger partial charge on any atom is -0.310 e. The van der Waals surface area contributed by atoms with Gasteiger partial charge >= 0.3 is 0 Å². The predicted molar refractivity (Wildman–Crippen MR) is 97.6 cm³/mol. The zero-order valence-corrected chi connectivity index (χ0v) is 16.2. The Hall–Kier alpha value is -0.160. The van der Waals surface area contributed by atoms with Crippen molar-refractivity contribution in [2.24, 2.45) is 0 Å². The topological polar surface area (TPSA) is 48.1 Å². The van der Waals surface area contributed by atoms with Crippen LogP contribution in [0.4, 0.5) is 0 Å². The number of hydrogen-bond acceptors (Lipinski definition) is 4. The van der Waals surface area contributed by atoms with Crippen molar-refractivity contribution in [2.75, 3.05) is 26.2 Å². The molecule has 4 nitrogen and oxygen atoms in total. The number of rotatable bonds is 0. The highest BCUT2D eigenvalue weighted by atomic mass is 15.1. The minimum atomic E-state index is 0.0688. The van der Waals surface area contributed by atoms with Crippen molar-refractivity contribution in [3.8, 4) is 0 Å². The highest BCUT2D eigenvalue weighted by molar-refractivity contribution is 5.01. The minimum absolute atomic E-state index is 0.0688. The standard InChI is InChI=1S/C18H40N4/c1-15(2)16(3,4)20-12-10-14-22-18(7,8)17(5,6)21-13-9-11-19-15/h19-22H,9-14H2,1-8H3. The average Bonchev–Trinajstić information content (AvgIpc) is 2.36. The summed E-state index contributed by atoms with van der Waals surface area (Å²) >= 11 is 0. The van der Waals surface area contributed by atoms with Gasteiger partial charge in [0.15, 0.2) is 0 Å². The van der Waals surface area contributed by atoms with Crippen LogP contribution in [0.25, 0.3) is 0 Å². The van der Waals surface area contributed by atoms with Gasteiger partial charge in [-0.15, -0.1) is 0 Å². The Labute approximate surface area is 138 Å². The first-order valence-corrected chi connectivity index (χ1v) is 8.91. The third-order valence-electron chi connectivity index (χ3n) is 6.10. The van der Waals surface area contributed by atoms with Gasteiger partial charge in [0.05, 0.1) is 0 Å². The number of hydrogen-bond donors (Lipinski definition) is 4. The van der Waals surface area contributed by atoms with Gasteiger partial charge in [0.2, 0.25) is 0 Å². The van der Waals surface area contributed by atoms with Crippen LogP contribution in [-0.4, -0.2) is 48.3 Å². The lowest BCUT2D eigenvalue weighted by molar-refractivity contribution is 0.172. The molecule has 0 aromatic rings. The summed E-state index contributed by atoms with van der Waals surface area (Å²) in [7, 11) is 0. The highest BCUT2D eigenvalue weighted by Crippen LogP contribution is 2.23. The monoisotopic (exact) mass is 312 g/mol. The lowest BCUT2D eigenvalue weighted by Crippen LogP contribution is -2.65. The van der Waals surface area contributed by atoms with E-state index in [1.165, 1.54) is 0 Å². The first-order valence-electron chi connectivity index (χ1n) is 8.91. The van der Waals surface area contributed by atoms with Gasteiger partial charge in [0.1, 0.15) is 0 Å². The fourth-order valence-electron chi connectivity index (χ4n) is 2.66. The van der Waals surface area contributed by atoms with E-state index in [1.807, 2.05) is 0 Å². The summed E-state index contributed by atoms with van der Waals surface area (Å²) in [4.78, 5) is 0. The molecule has 1 heterocycles. The van der Waals surface area contributed by atoms with Gasteiger partial charge < -0.3 is 21.3 Å². The van der Waals surface area contributed by atoms with Crippen molar-refractivity contribution in [3.05, 3.63) is 0 Å². The van der Waals surface area contributed by atoms with Crippen molar-refractivity contribution in [3.63, 3.8) is 0 Å². The first kappa shape index (κ1) is 19.9. The lowest BCUT2D eigenvalue weighted by Gasteiger charge is -2.45. The molecule has 0 aromatic carbocycles. The van der Waals surface area contributed by atoms with E-state index in [4.69, 9.17) is 0 Å². The van der Waals surface area contributed by atoms with E-state index in [9.17, 15) is 0 Å². The molecule has 0 unspecified atom stereocenters. The van der Waals surface area contributed by atoms with Crippen LogP contribution in [0.5, 0.6) is 0 Å². The second kappa shape index (κ2) is 7.16. The van der Waals surface area contributed by atoms with Crippen LogP contribution in [0.2, 0.25) is 0 Å². The Morgan fingerprint density at radius 1 is 0.409 bits per heavy atom. The van der Waals surface area contributed by atoms with E-state index in [0.717, 1.165) is 39.0 Å². The molecule has 0 radical (unpaired) electrons. The van der Waals surface area contributed by atoms with Crippen molar-refractivity contribution in [1.82, 2.24) is 21.3 Å². The molecule has 1 saturated heterocycles. The van der Waals surface area contributed by atoms with Gasteiger partial charge in [-0.3, -0.25) is 0 Å². The maximum atomic E-state index is 3.73. The Bertz CT molecular complexity index is 279. The fraction of sp³-hybridized carbons (Fsp3) is 1.00. The van der Waals surface area contributed by atoms with Crippen molar-refractivity contribution in [1.29, 1.82) is 0 Å². The van der Waals surface area contributed by atoms with E-state index in [-0.39, 0.29) is 22.2 Å². The summed E-state index contributed by atoms with van der Waals surface area (Å²) in [6.07, 6.45) is 2.28. The van der Waals surface area contributed by atoms with Crippen LogP contribution < -0.4 is 21.3 Å². The number of nitrogens with one attached hydrogen (secondary N) is 4. The summed E-state index contributed by atoms with van der Waals surface area (Å²) in [5, 5.41) is 14.9. The molecule has 1 aliphatic rings. The molecule has 22 heavy (non-hydrogen) atoms. The second-order valence-electron chi connectivity index (χ2n) is 8.91. The van der Waals surface area contributed by atoms with Gasteiger partial charge in [-0.25, -0.2) is 0 Å². The van der Waals surface area contributed by atoms with E-state index in [2.05, 4.69) is 76.7 Å². The summed E-state index contributed by atoms with van der Waals surface area (Å²) in [6.45, 7) is 22.5. The van der Waals surface area contributed by atoms with E-state index < -0.39 is 0 Å². The largest absolute Gasteiger partial charge is 0.310 e. The molecule has 1 fully saturated rings. The van der Waals surface area contributed by atoms with Gasteiger partial charge in [-0.2, -0.15) is 0 Å². The third-order valence-corrected chi connectivity index (χ3v) is 6.10. The van der Waals surface area contributed by atoms with Crippen LogP contribution in [0, 0.1) is 0 Å². The van der Waals surface area contributed by atoms with Crippen molar-refractivity contribution >= 4 is 0 Å². The molecule has 132 valence electrons. The maximum Gasteiger partial charge on any atom is 0.0301 e. The van der Waals surface area contributed by atoms with Crippen LogP contribution in [0.1, 0.15) is 68.2 Å². The van der Waals surface area contributed by atoms with Crippen molar-refractivity contribution < 1.29 is 0 Å². The lowest BCUT2D eigenvalue weighted by atomic mass is 9.81. The first-order chi connectivity index (χ1) is 9.91. The molecule has 0 bridgehead atoms. The molecule has 0 spiro atoms. The Balaban J connectivity index is 2.74. The highest BCUT2D eigenvalue weighted by Gasteiger charge is 2.37. The van der Waals surface area contributed by atoms with E-state index >= 15 is 0 Å². The molecule has 1 rings (SSSR count). The Morgan fingerprint density at radius 3 is 0.773 bits per heavy atom. The molecular formula is C18H40N4. The van der Waals surface area contributed by atoms with Gasteiger partial charge in [-0.1, -0.05) is 0 Å². The smallest absolute Gasteiger partial charge is 0.0301 e. The van der Waals surface area contributed by atoms with Gasteiger partial charge in [-0.05, 0) is 94.4 Å². The van der Waals surface area contributed by atoms with Gasteiger partial charge in [0.25, 0.3) is 0 Å². The molecule has 0 aliphatic carbocycles. The molecule has 4 heteroatoms. The molecule has 1 aliphatic heterocycles. The van der Waals surface area contributed by atoms with Gasteiger partial charge in [0, 0.05) is 22.2 Å². The second-order valence-corrected chi connectivity index (χ2v) is 8.91. The fourth-order valence-corrected chi connectivity index (χ4v) is 2.66. The van der Waals surface area contributed by atoms with Crippen LogP contribution >= 0.6 is 0 Å². The summed E-state index contributed by atoms with van der Waals surface area (Å²) < 4.78 is 0. The van der Waals surface area contributed by atoms with Crippen LogP contribution in [0.3, 0.4) is 0 Å². The SMILES string of the molecule is CC1(C)NCCCNC(C)(C)C(C)(C)NCCCNC1(C)C. The average molecular weight is 313 g/mol. The summed E-state index contributed by atoms with van der Waals surface area (Å²) in [5.74, 6) is 0. The zero-order valence-electron chi connectivity index (χ0n) is 16.2.